The van der Waals surface area contributed by atoms with Gasteiger partial charge in [0.15, 0.2) is 0 Å². The highest BCUT2D eigenvalue weighted by Gasteiger charge is 2.42. The first kappa shape index (κ1) is 29.0. The van der Waals surface area contributed by atoms with Crippen molar-refractivity contribution in [1.29, 1.82) is 0 Å². The summed E-state index contributed by atoms with van der Waals surface area (Å²) in [5.74, 6) is 0.0571. The van der Waals surface area contributed by atoms with Gasteiger partial charge >= 0.3 is 0 Å². The van der Waals surface area contributed by atoms with E-state index in [9.17, 15) is 4.79 Å². The number of carbonyl (C=O) groups excluding carboxylic acids is 1. The Morgan fingerprint density at radius 1 is 0.969 bits per heavy atom. The van der Waals surface area contributed by atoms with Crippen molar-refractivity contribution in [3.8, 4) is 0 Å². The zero-order valence-electron chi connectivity index (χ0n) is 22.8. The van der Waals surface area contributed by atoms with Gasteiger partial charge in [-0.15, -0.1) is 0 Å². The molecule has 0 fully saturated rings. The molecule has 0 saturated carbocycles. The lowest BCUT2D eigenvalue weighted by atomic mass is 9.72. The summed E-state index contributed by atoms with van der Waals surface area (Å²) in [5.41, 5.74) is 1.25. The first-order valence-electron chi connectivity index (χ1n) is 11.8. The molecule has 1 aromatic rings. The molecule has 32 heavy (non-hydrogen) atoms. The van der Waals surface area contributed by atoms with Gasteiger partial charge in [0, 0.05) is 35.4 Å². The molecule has 5 heteroatoms. The van der Waals surface area contributed by atoms with E-state index in [1.807, 2.05) is 36.0 Å². The standard InChI is InChI=1S/C27H48N2O2S/c1-19(2)29(13)31-26(9,10)25(7,8)21-14-16-22(17-15-21)28-23(30)18-24(5,6)27(11,12)32-20(3)4/h14-17,19-20H,18H2,1-13H3,(H,28,30). The Kier molecular flexibility index (Phi) is 9.50. The van der Waals surface area contributed by atoms with Gasteiger partial charge in [0.2, 0.25) is 5.91 Å². The van der Waals surface area contributed by atoms with Gasteiger partial charge in [-0.3, -0.25) is 9.63 Å². The normalized spacial score (nSPS) is 13.9. The third kappa shape index (κ3) is 7.23. The number of rotatable bonds is 11. The largest absolute Gasteiger partial charge is 0.326 e. The van der Waals surface area contributed by atoms with Crippen LogP contribution in [0.2, 0.25) is 0 Å². The molecule has 0 aliphatic carbocycles. The van der Waals surface area contributed by atoms with Crippen LogP contribution in [0.4, 0.5) is 5.69 Å². The van der Waals surface area contributed by atoms with Crippen molar-refractivity contribution in [2.45, 2.75) is 117 Å². The second-order valence-corrected chi connectivity index (χ2v) is 13.9. The van der Waals surface area contributed by atoms with E-state index in [1.54, 1.807) is 0 Å². The van der Waals surface area contributed by atoms with Crippen LogP contribution in [0.5, 0.6) is 0 Å². The molecule has 1 rings (SSSR count). The molecule has 0 aliphatic rings. The van der Waals surface area contributed by atoms with Gasteiger partial charge in [0.25, 0.3) is 0 Å². The van der Waals surface area contributed by atoms with E-state index in [1.165, 1.54) is 5.56 Å². The summed E-state index contributed by atoms with van der Waals surface area (Å²) in [6.07, 6.45) is 0.482. The second kappa shape index (κ2) is 10.5. The topological polar surface area (TPSA) is 41.6 Å². The van der Waals surface area contributed by atoms with Crippen LogP contribution in [-0.4, -0.2) is 39.7 Å². The molecule has 0 bridgehead atoms. The summed E-state index contributed by atoms with van der Waals surface area (Å²) in [7, 11) is 1.98. The number of nitrogens with zero attached hydrogens (tertiary/aromatic N) is 1. The van der Waals surface area contributed by atoms with Crippen LogP contribution < -0.4 is 5.32 Å². The van der Waals surface area contributed by atoms with Gasteiger partial charge in [-0.2, -0.15) is 16.8 Å². The zero-order valence-corrected chi connectivity index (χ0v) is 23.7. The fraction of sp³-hybridized carbons (Fsp3) is 0.741. The number of benzene rings is 1. The lowest BCUT2D eigenvalue weighted by Gasteiger charge is -2.44. The highest BCUT2D eigenvalue weighted by atomic mass is 32.2. The van der Waals surface area contributed by atoms with Gasteiger partial charge in [-0.05, 0) is 56.1 Å². The Hall–Kier alpha value is -1.04. The number of nitrogens with one attached hydrogen (secondary N) is 1. The molecule has 1 aromatic carbocycles. The minimum atomic E-state index is -0.402. The molecule has 4 nitrogen and oxygen atoms in total. The minimum Gasteiger partial charge on any atom is -0.326 e. The molecule has 0 radical (unpaired) electrons. The molecule has 0 atom stereocenters. The van der Waals surface area contributed by atoms with Crippen molar-refractivity contribution in [1.82, 2.24) is 5.06 Å². The Morgan fingerprint density at radius 2 is 1.47 bits per heavy atom. The number of anilines is 1. The lowest BCUT2D eigenvalue weighted by Crippen LogP contribution is -2.49. The van der Waals surface area contributed by atoms with Crippen LogP contribution in [0.3, 0.4) is 0 Å². The molecule has 0 saturated heterocycles. The summed E-state index contributed by atoms with van der Waals surface area (Å²) in [5, 5.41) is 5.54. The van der Waals surface area contributed by atoms with E-state index in [0.717, 1.165) is 5.69 Å². The van der Waals surface area contributed by atoms with Crippen molar-refractivity contribution in [3.05, 3.63) is 29.8 Å². The first-order chi connectivity index (χ1) is 14.3. The third-order valence-electron chi connectivity index (χ3n) is 7.26. The molecule has 0 spiro atoms. The summed E-state index contributed by atoms with van der Waals surface area (Å²) in [6.45, 7) is 26.1. The van der Waals surface area contributed by atoms with Gasteiger partial charge in [0.05, 0.1) is 5.60 Å². The Balaban J connectivity index is 2.91. The van der Waals surface area contributed by atoms with Crippen molar-refractivity contribution in [2.75, 3.05) is 12.4 Å². The number of hydrogen-bond acceptors (Lipinski definition) is 4. The van der Waals surface area contributed by atoms with E-state index < -0.39 is 5.60 Å². The fourth-order valence-corrected chi connectivity index (χ4v) is 5.04. The average molecular weight is 465 g/mol. The second-order valence-electron chi connectivity index (χ2n) is 11.7. The van der Waals surface area contributed by atoms with E-state index in [-0.39, 0.29) is 21.5 Å². The number of hydroxylamine groups is 2. The third-order valence-corrected chi connectivity index (χ3v) is 8.87. The molecule has 0 aromatic heterocycles. The van der Waals surface area contributed by atoms with Crippen LogP contribution in [0.1, 0.15) is 95.1 Å². The minimum absolute atomic E-state index is 0.00111. The van der Waals surface area contributed by atoms with Gasteiger partial charge < -0.3 is 5.32 Å². The van der Waals surface area contributed by atoms with E-state index in [2.05, 4.69) is 101 Å². The van der Waals surface area contributed by atoms with Crippen LogP contribution in [0.15, 0.2) is 24.3 Å². The Labute approximate surface area is 202 Å². The Morgan fingerprint density at radius 3 is 1.91 bits per heavy atom. The Bertz CT molecular complexity index is 749. The van der Waals surface area contributed by atoms with E-state index in [4.69, 9.17) is 4.84 Å². The molecule has 0 heterocycles. The average Bonchev–Trinajstić information content (AvgIpc) is 2.59. The van der Waals surface area contributed by atoms with Gasteiger partial charge in [0.1, 0.15) is 0 Å². The summed E-state index contributed by atoms with van der Waals surface area (Å²) < 4.78 is 0.00111. The molecule has 184 valence electrons. The number of amides is 1. The zero-order chi connectivity index (χ0) is 25.1. The maximum atomic E-state index is 12.8. The number of carbonyl (C=O) groups is 1. The summed E-state index contributed by atoms with van der Waals surface area (Å²) in [6, 6.07) is 8.49. The molecule has 0 unspecified atom stereocenters. The first-order valence-corrected chi connectivity index (χ1v) is 12.7. The molecular formula is C27H48N2O2S. The van der Waals surface area contributed by atoms with Crippen molar-refractivity contribution >= 4 is 23.4 Å². The maximum Gasteiger partial charge on any atom is 0.224 e. The number of hydrogen-bond donors (Lipinski definition) is 1. The molecule has 0 aliphatic heterocycles. The summed E-state index contributed by atoms with van der Waals surface area (Å²) in [4.78, 5) is 19.1. The molecule has 1 amide bonds. The predicted octanol–water partition coefficient (Wildman–Crippen LogP) is 7.29. The van der Waals surface area contributed by atoms with Crippen molar-refractivity contribution in [3.63, 3.8) is 0 Å². The monoisotopic (exact) mass is 464 g/mol. The smallest absolute Gasteiger partial charge is 0.224 e. The van der Waals surface area contributed by atoms with Crippen LogP contribution in [0.25, 0.3) is 0 Å². The van der Waals surface area contributed by atoms with E-state index in [0.29, 0.717) is 17.7 Å². The molecule has 1 N–H and O–H groups in total. The lowest BCUT2D eigenvalue weighted by molar-refractivity contribution is -0.255. The van der Waals surface area contributed by atoms with Crippen molar-refractivity contribution < 1.29 is 9.63 Å². The van der Waals surface area contributed by atoms with Crippen LogP contribution in [-0.2, 0) is 15.0 Å². The van der Waals surface area contributed by atoms with Crippen LogP contribution in [0, 0.1) is 5.41 Å². The summed E-state index contributed by atoms with van der Waals surface area (Å²) >= 11 is 1.93. The fourth-order valence-electron chi connectivity index (χ4n) is 3.47. The van der Waals surface area contributed by atoms with Crippen molar-refractivity contribution in [2.24, 2.45) is 5.41 Å². The highest BCUT2D eigenvalue weighted by Crippen LogP contribution is 2.46. The highest BCUT2D eigenvalue weighted by molar-refractivity contribution is 8.01. The van der Waals surface area contributed by atoms with E-state index >= 15 is 0 Å². The van der Waals surface area contributed by atoms with Gasteiger partial charge in [-0.1, -0.05) is 67.5 Å². The van der Waals surface area contributed by atoms with Crippen LogP contribution >= 0.6 is 11.8 Å². The maximum absolute atomic E-state index is 12.8. The quantitative estimate of drug-likeness (QED) is 0.349. The number of thioether (sulfide) groups is 1. The predicted molar refractivity (Wildman–Crippen MR) is 141 cm³/mol. The molecular weight excluding hydrogens is 416 g/mol. The SMILES string of the molecule is CC(C)SC(C)(C)C(C)(C)CC(=O)Nc1ccc(C(C)(C)C(C)(C)ON(C)C(C)C)cc1. The van der Waals surface area contributed by atoms with Gasteiger partial charge in [-0.25, -0.2) is 0 Å².